The predicted octanol–water partition coefficient (Wildman–Crippen LogP) is 0.149. The second-order valence-corrected chi connectivity index (χ2v) is 4.23. The maximum Gasteiger partial charge on any atom is 0.309 e. The number of hydrogen-bond acceptors (Lipinski definition) is 5. The van der Waals surface area contributed by atoms with Crippen molar-refractivity contribution in [2.45, 2.75) is 50.4 Å². The van der Waals surface area contributed by atoms with Gasteiger partial charge in [0, 0.05) is 6.92 Å². The van der Waals surface area contributed by atoms with E-state index in [0.717, 1.165) is 6.42 Å². The van der Waals surface area contributed by atoms with Crippen molar-refractivity contribution in [3.05, 3.63) is 0 Å². The standard InChI is InChI=1S/C10H14O5/c1-6(11)14-7-3-2-4-10(13)5-8(12)15-9(7)10/h7,9,13H,2-5H2,1H3. The van der Waals surface area contributed by atoms with Crippen LogP contribution in [0.2, 0.25) is 0 Å². The minimum Gasteiger partial charge on any atom is -0.458 e. The number of carbonyl (C=O) groups is 2. The molecule has 1 aliphatic carbocycles. The maximum atomic E-state index is 11.1. The van der Waals surface area contributed by atoms with Gasteiger partial charge >= 0.3 is 11.9 Å². The summed E-state index contributed by atoms with van der Waals surface area (Å²) >= 11 is 0. The quantitative estimate of drug-likeness (QED) is 0.629. The summed E-state index contributed by atoms with van der Waals surface area (Å²) in [5, 5.41) is 10.1. The van der Waals surface area contributed by atoms with E-state index < -0.39 is 29.7 Å². The molecule has 2 fully saturated rings. The van der Waals surface area contributed by atoms with Gasteiger partial charge in [0.05, 0.1) is 6.42 Å². The van der Waals surface area contributed by atoms with E-state index in [2.05, 4.69) is 0 Å². The second kappa shape index (κ2) is 3.48. The average molecular weight is 214 g/mol. The van der Waals surface area contributed by atoms with Gasteiger partial charge in [-0.3, -0.25) is 9.59 Å². The molecule has 0 radical (unpaired) electrons. The highest BCUT2D eigenvalue weighted by molar-refractivity contribution is 5.74. The fraction of sp³-hybridized carbons (Fsp3) is 0.800. The van der Waals surface area contributed by atoms with Crippen LogP contribution in [0.5, 0.6) is 0 Å². The first-order valence-electron chi connectivity index (χ1n) is 5.10. The van der Waals surface area contributed by atoms with Crippen LogP contribution in [0.25, 0.3) is 0 Å². The summed E-state index contributed by atoms with van der Waals surface area (Å²) in [6.45, 7) is 1.31. The third-order valence-electron chi connectivity index (χ3n) is 2.99. The fourth-order valence-electron chi connectivity index (χ4n) is 2.39. The molecular formula is C10H14O5. The minimum atomic E-state index is -1.13. The molecule has 3 unspecified atom stereocenters. The summed E-state index contributed by atoms with van der Waals surface area (Å²) in [4.78, 5) is 22.0. The molecule has 15 heavy (non-hydrogen) atoms. The van der Waals surface area contributed by atoms with E-state index in [0.29, 0.717) is 12.8 Å². The summed E-state index contributed by atoms with van der Waals surface area (Å²) in [5.74, 6) is -0.825. The lowest BCUT2D eigenvalue weighted by molar-refractivity contribution is -0.175. The molecule has 5 nitrogen and oxygen atoms in total. The van der Waals surface area contributed by atoms with E-state index >= 15 is 0 Å². The van der Waals surface area contributed by atoms with Gasteiger partial charge in [-0.2, -0.15) is 0 Å². The first kappa shape index (κ1) is 10.4. The number of aliphatic hydroxyl groups is 1. The number of esters is 2. The molecular weight excluding hydrogens is 200 g/mol. The van der Waals surface area contributed by atoms with E-state index in [1.807, 2.05) is 0 Å². The van der Waals surface area contributed by atoms with Gasteiger partial charge in [-0.15, -0.1) is 0 Å². The SMILES string of the molecule is CC(=O)OC1CCCC2(O)CC(=O)OC12. The van der Waals surface area contributed by atoms with Crippen molar-refractivity contribution < 1.29 is 24.2 Å². The Hall–Kier alpha value is -1.10. The van der Waals surface area contributed by atoms with Crippen molar-refractivity contribution in [2.75, 3.05) is 0 Å². The number of carbonyl (C=O) groups excluding carboxylic acids is 2. The molecule has 0 aromatic heterocycles. The lowest BCUT2D eigenvalue weighted by atomic mass is 9.80. The number of rotatable bonds is 1. The number of fused-ring (bicyclic) bond motifs is 1. The molecule has 2 rings (SSSR count). The zero-order valence-electron chi connectivity index (χ0n) is 8.56. The Bertz CT molecular complexity index is 300. The Kier molecular flexibility index (Phi) is 2.42. The van der Waals surface area contributed by atoms with Crippen LogP contribution in [0.3, 0.4) is 0 Å². The summed E-state index contributed by atoms with van der Waals surface area (Å²) in [6, 6.07) is 0. The van der Waals surface area contributed by atoms with Gasteiger partial charge in [0.15, 0.2) is 6.10 Å². The summed E-state index contributed by atoms with van der Waals surface area (Å²) in [5.41, 5.74) is -1.13. The molecule has 1 aliphatic heterocycles. The van der Waals surface area contributed by atoms with E-state index in [1.165, 1.54) is 6.92 Å². The lowest BCUT2D eigenvalue weighted by Crippen LogP contribution is -2.50. The van der Waals surface area contributed by atoms with Crippen LogP contribution in [0, 0.1) is 0 Å². The van der Waals surface area contributed by atoms with Crippen LogP contribution in [0.15, 0.2) is 0 Å². The van der Waals surface area contributed by atoms with E-state index in [1.54, 1.807) is 0 Å². The maximum absolute atomic E-state index is 11.1. The Morgan fingerprint density at radius 3 is 3.07 bits per heavy atom. The third kappa shape index (κ3) is 1.84. The lowest BCUT2D eigenvalue weighted by Gasteiger charge is -2.36. The van der Waals surface area contributed by atoms with Crippen molar-refractivity contribution in [3.8, 4) is 0 Å². The Balaban J connectivity index is 2.14. The van der Waals surface area contributed by atoms with Crippen LogP contribution < -0.4 is 0 Å². The first-order chi connectivity index (χ1) is 7.01. The molecule has 3 atom stereocenters. The van der Waals surface area contributed by atoms with E-state index in [4.69, 9.17) is 9.47 Å². The highest BCUT2D eigenvalue weighted by Crippen LogP contribution is 2.39. The molecule has 0 bridgehead atoms. The zero-order valence-corrected chi connectivity index (χ0v) is 8.56. The normalized spacial score (nSPS) is 39.5. The van der Waals surface area contributed by atoms with Crippen molar-refractivity contribution in [1.29, 1.82) is 0 Å². The van der Waals surface area contributed by atoms with Gasteiger partial charge < -0.3 is 14.6 Å². The van der Waals surface area contributed by atoms with E-state index in [-0.39, 0.29) is 6.42 Å². The zero-order chi connectivity index (χ0) is 11.1. The second-order valence-electron chi connectivity index (χ2n) is 4.23. The van der Waals surface area contributed by atoms with Gasteiger partial charge in [0.25, 0.3) is 0 Å². The highest BCUT2D eigenvalue weighted by atomic mass is 16.6. The van der Waals surface area contributed by atoms with E-state index in [9.17, 15) is 14.7 Å². The molecule has 0 spiro atoms. The molecule has 1 heterocycles. The summed E-state index contributed by atoms with van der Waals surface area (Å²) in [7, 11) is 0. The van der Waals surface area contributed by atoms with Gasteiger partial charge in [0.2, 0.25) is 0 Å². The number of hydrogen-bond donors (Lipinski definition) is 1. The third-order valence-corrected chi connectivity index (χ3v) is 2.99. The molecule has 0 amide bonds. The molecule has 1 N–H and O–H groups in total. The molecule has 2 aliphatic rings. The van der Waals surface area contributed by atoms with Crippen LogP contribution in [-0.4, -0.2) is 34.9 Å². The van der Waals surface area contributed by atoms with Gasteiger partial charge in [0.1, 0.15) is 11.7 Å². The van der Waals surface area contributed by atoms with Crippen molar-refractivity contribution in [2.24, 2.45) is 0 Å². The van der Waals surface area contributed by atoms with Crippen molar-refractivity contribution in [3.63, 3.8) is 0 Å². The van der Waals surface area contributed by atoms with Crippen LogP contribution in [0.1, 0.15) is 32.6 Å². The smallest absolute Gasteiger partial charge is 0.309 e. The van der Waals surface area contributed by atoms with Gasteiger partial charge in [-0.1, -0.05) is 0 Å². The van der Waals surface area contributed by atoms with Crippen LogP contribution in [0.4, 0.5) is 0 Å². The largest absolute Gasteiger partial charge is 0.458 e. The number of ether oxygens (including phenoxy) is 2. The summed E-state index contributed by atoms with van der Waals surface area (Å²) in [6.07, 6.45) is 0.744. The average Bonchev–Trinajstić information content (AvgIpc) is 2.40. The minimum absolute atomic E-state index is 0.00936. The van der Waals surface area contributed by atoms with Gasteiger partial charge in [-0.25, -0.2) is 0 Å². The topological polar surface area (TPSA) is 72.8 Å². The monoisotopic (exact) mass is 214 g/mol. The van der Waals surface area contributed by atoms with Crippen LogP contribution in [-0.2, 0) is 19.1 Å². The first-order valence-corrected chi connectivity index (χ1v) is 5.10. The van der Waals surface area contributed by atoms with Crippen LogP contribution >= 0.6 is 0 Å². The molecule has 0 aromatic rings. The molecule has 84 valence electrons. The molecule has 1 saturated heterocycles. The molecule has 0 aromatic carbocycles. The summed E-state index contributed by atoms with van der Waals surface area (Å²) < 4.78 is 10.1. The predicted molar refractivity (Wildman–Crippen MR) is 48.9 cm³/mol. The Morgan fingerprint density at radius 1 is 1.67 bits per heavy atom. The van der Waals surface area contributed by atoms with Crippen molar-refractivity contribution >= 4 is 11.9 Å². The highest BCUT2D eigenvalue weighted by Gasteiger charge is 2.54. The van der Waals surface area contributed by atoms with Gasteiger partial charge in [-0.05, 0) is 19.3 Å². The molecule has 1 saturated carbocycles. The fourth-order valence-corrected chi connectivity index (χ4v) is 2.39. The Morgan fingerprint density at radius 2 is 2.40 bits per heavy atom. The molecule has 5 heteroatoms. The van der Waals surface area contributed by atoms with Crippen molar-refractivity contribution in [1.82, 2.24) is 0 Å². The Labute approximate surface area is 87.4 Å².